The van der Waals surface area contributed by atoms with Crippen LogP contribution < -0.4 is 5.62 Å². The third-order valence-corrected chi connectivity index (χ3v) is 6.75. The fourth-order valence-electron chi connectivity index (χ4n) is 4.62. The van der Waals surface area contributed by atoms with Crippen molar-refractivity contribution in [1.82, 2.24) is 9.13 Å². The first kappa shape index (κ1) is 26.4. The monoisotopic (exact) mass is 553 g/mol. The summed E-state index contributed by atoms with van der Waals surface area (Å²) in [5.74, 6) is -0.00875. The van der Waals surface area contributed by atoms with Crippen LogP contribution >= 0.6 is 17.0 Å². The molecule has 1 N–H and O–H groups in total. The molecule has 5 aromatic rings. The number of nitrogens with zero attached hydrogens (tertiary/aromatic N) is 2. The van der Waals surface area contributed by atoms with Crippen molar-refractivity contribution in [3.8, 4) is 11.1 Å². The zero-order valence-electron chi connectivity index (χ0n) is 21.4. The molecule has 0 spiro atoms. The van der Waals surface area contributed by atoms with E-state index >= 15 is 0 Å². The number of Topliss-reactive ketones (excluding diaryl/α,β-unsaturated/α-hetero) is 1. The molecule has 37 heavy (non-hydrogen) atoms. The molecule has 0 saturated carbocycles. The van der Waals surface area contributed by atoms with Crippen molar-refractivity contribution in [3.63, 3.8) is 0 Å². The van der Waals surface area contributed by atoms with Gasteiger partial charge in [-0.15, -0.1) is 17.0 Å². The van der Waals surface area contributed by atoms with Gasteiger partial charge in [0.2, 0.25) is 5.62 Å². The highest BCUT2D eigenvalue weighted by Gasteiger charge is 2.16. The second-order valence-electron chi connectivity index (χ2n) is 10.3. The molecule has 0 bridgehead atoms. The van der Waals surface area contributed by atoms with Crippen LogP contribution in [-0.2, 0) is 18.5 Å². The van der Waals surface area contributed by atoms with Crippen molar-refractivity contribution in [2.45, 2.75) is 39.3 Å². The Morgan fingerprint density at radius 2 is 1.24 bits per heavy atom. The van der Waals surface area contributed by atoms with Crippen molar-refractivity contribution in [2.75, 3.05) is 0 Å². The number of carbonyl (C=O) groups excluding carboxylic acids is 1. The molecule has 0 atom stereocenters. The molecule has 0 amide bonds. The van der Waals surface area contributed by atoms with Gasteiger partial charge < -0.3 is 9.13 Å². The standard InChI is InChI=1S/C32H31N3O.BrH/c1-32(2,3)27-19-13-23(14-20-27)21-34-28-11-7-8-12-29(28)35(31(34)33)22-30(36)26-17-15-25(16-18-26)24-9-5-4-6-10-24;/h4-20,33H,21-22H2,1-3H3;1H. The van der Waals surface area contributed by atoms with Gasteiger partial charge >= 0.3 is 0 Å². The van der Waals surface area contributed by atoms with Crippen LogP contribution in [0.5, 0.6) is 0 Å². The van der Waals surface area contributed by atoms with Crippen molar-refractivity contribution in [1.29, 1.82) is 5.41 Å². The topological polar surface area (TPSA) is 50.8 Å². The number of rotatable bonds is 6. The second kappa shape index (κ2) is 10.7. The molecule has 188 valence electrons. The van der Waals surface area contributed by atoms with E-state index in [-0.39, 0.29) is 34.7 Å². The molecule has 4 aromatic carbocycles. The Bertz CT molecular complexity index is 1570. The summed E-state index contributed by atoms with van der Waals surface area (Å²) in [6.07, 6.45) is 0. The van der Waals surface area contributed by atoms with E-state index in [0.29, 0.717) is 17.7 Å². The summed E-state index contributed by atoms with van der Waals surface area (Å²) >= 11 is 0. The van der Waals surface area contributed by atoms with Gasteiger partial charge in [0.25, 0.3) is 0 Å². The van der Waals surface area contributed by atoms with Crippen LogP contribution in [0.1, 0.15) is 42.3 Å². The second-order valence-corrected chi connectivity index (χ2v) is 10.3. The highest BCUT2D eigenvalue weighted by atomic mass is 79.9. The highest BCUT2D eigenvalue weighted by molar-refractivity contribution is 8.93. The highest BCUT2D eigenvalue weighted by Crippen LogP contribution is 2.23. The molecule has 5 rings (SSSR count). The molecule has 0 aliphatic carbocycles. The maximum Gasteiger partial charge on any atom is 0.203 e. The molecular formula is C32H32BrN3O. The lowest BCUT2D eigenvalue weighted by molar-refractivity contribution is 0.0971. The van der Waals surface area contributed by atoms with Crippen molar-refractivity contribution < 1.29 is 4.79 Å². The summed E-state index contributed by atoms with van der Waals surface area (Å²) in [7, 11) is 0. The Morgan fingerprint density at radius 1 is 0.703 bits per heavy atom. The third-order valence-electron chi connectivity index (χ3n) is 6.75. The first-order valence-corrected chi connectivity index (χ1v) is 12.3. The first-order chi connectivity index (χ1) is 17.3. The lowest BCUT2D eigenvalue weighted by Crippen LogP contribution is -2.27. The molecule has 1 heterocycles. The fraction of sp³-hybridized carbons (Fsp3) is 0.188. The van der Waals surface area contributed by atoms with E-state index in [0.717, 1.165) is 27.7 Å². The van der Waals surface area contributed by atoms with Crippen LogP contribution in [0, 0.1) is 5.41 Å². The number of imidazole rings is 1. The molecule has 0 radical (unpaired) electrons. The summed E-state index contributed by atoms with van der Waals surface area (Å²) in [4.78, 5) is 13.2. The zero-order chi connectivity index (χ0) is 25.3. The average molecular weight is 555 g/mol. The van der Waals surface area contributed by atoms with E-state index in [9.17, 15) is 4.79 Å². The minimum atomic E-state index is -0.00875. The van der Waals surface area contributed by atoms with Gasteiger partial charge in [0.15, 0.2) is 5.78 Å². The Balaban J connectivity index is 0.00000320. The van der Waals surface area contributed by atoms with Crippen molar-refractivity contribution >= 4 is 33.8 Å². The Labute approximate surface area is 228 Å². The van der Waals surface area contributed by atoms with Gasteiger partial charge in [0, 0.05) is 5.56 Å². The summed E-state index contributed by atoms with van der Waals surface area (Å²) in [5, 5.41) is 8.94. The molecule has 5 heteroatoms. The molecule has 0 unspecified atom stereocenters. The number of aromatic nitrogens is 2. The van der Waals surface area contributed by atoms with Gasteiger partial charge in [-0.1, -0.05) is 112 Å². The zero-order valence-corrected chi connectivity index (χ0v) is 23.2. The third kappa shape index (κ3) is 5.52. The van der Waals surface area contributed by atoms with Crippen LogP contribution in [0.3, 0.4) is 0 Å². The van der Waals surface area contributed by atoms with Gasteiger partial charge in [-0.05, 0) is 39.8 Å². The maximum atomic E-state index is 13.2. The molecular weight excluding hydrogens is 522 g/mol. The van der Waals surface area contributed by atoms with Gasteiger partial charge in [-0.3, -0.25) is 10.2 Å². The van der Waals surface area contributed by atoms with Crippen LogP contribution in [0.2, 0.25) is 0 Å². The lowest BCUT2D eigenvalue weighted by Gasteiger charge is -2.19. The first-order valence-electron chi connectivity index (χ1n) is 12.3. The summed E-state index contributed by atoms with van der Waals surface area (Å²) in [6.45, 7) is 7.33. The number of hydrogen-bond donors (Lipinski definition) is 1. The molecule has 4 nitrogen and oxygen atoms in total. The summed E-state index contributed by atoms with van der Waals surface area (Å²) < 4.78 is 3.79. The Hall–Kier alpha value is -3.70. The van der Waals surface area contributed by atoms with Crippen LogP contribution in [0.15, 0.2) is 103 Å². The van der Waals surface area contributed by atoms with Gasteiger partial charge in [-0.2, -0.15) is 0 Å². The largest absolute Gasteiger partial charge is 0.306 e. The number of ketones is 1. The number of benzene rings is 4. The molecule has 0 aliphatic heterocycles. The number of fused-ring (bicyclic) bond motifs is 1. The maximum absolute atomic E-state index is 13.2. The van der Waals surface area contributed by atoms with E-state index in [2.05, 4.69) is 57.2 Å². The molecule has 0 saturated heterocycles. The van der Waals surface area contributed by atoms with Crippen molar-refractivity contribution in [3.05, 3.63) is 125 Å². The van der Waals surface area contributed by atoms with Crippen molar-refractivity contribution in [2.24, 2.45) is 0 Å². The quantitative estimate of drug-likeness (QED) is 0.219. The summed E-state index contributed by atoms with van der Waals surface area (Å²) in [6, 6.07) is 34.4. The molecule has 1 aromatic heterocycles. The minimum absolute atomic E-state index is 0. The number of halogens is 1. The molecule has 0 fully saturated rings. The summed E-state index contributed by atoms with van der Waals surface area (Å²) in [5.41, 5.74) is 7.54. The smallest absolute Gasteiger partial charge is 0.203 e. The number of para-hydroxylation sites is 2. The van der Waals surface area contributed by atoms with E-state index < -0.39 is 0 Å². The predicted molar refractivity (Wildman–Crippen MR) is 157 cm³/mol. The normalized spacial score (nSPS) is 11.3. The Kier molecular flexibility index (Phi) is 7.65. The van der Waals surface area contributed by atoms with Gasteiger partial charge in [0.05, 0.1) is 24.1 Å². The van der Waals surface area contributed by atoms with Crippen LogP contribution in [0.25, 0.3) is 22.2 Å². The minimum Gasteiger partial charge on any atom is -0.306 e. The average Bonchev–Trinajstić information content (AvgIpc) is 3.15. The van der Waals surface area contributed by atoms with Crippen LogP contribution in [-0.4, -0.2) is 14.9 Å². The lowest BCUT2D eigenvalue weighted by atomic mass is 9.87. The van der Waals surface area contributed by atoms with Gasteiger partial charge in [0.1, 0.15) is 0 Å². The van der Waals surface area contributed by atoms with E-state index in [4.69, 9.17) is 5.41 Å². The number of hydrogen-bond acceptors (Lipinski definition) is 2. The predicted octanol–water partition coefficient (Wildman–Crippen LogP) is 7.40. The van der Waals surface area contributed by atoms with E-state index in [1.165, 1.54) is 5.56 Å². The fourth-order valence-corrected chi connectivity index (χ4v) is 4.62. The molecule has 0 aliphatic rings. The van der Waals surface area contributed by atoms with Crippen LogP contribution in [0.4, 0.5) is 0 Å². The van der Waals surface area contributed by atoms with E-state index in [1.807, 2.05) is 75.9 Å². The SMILES string of the molecule is Br.CC(C)(C)c1ccc(Cn2c(=N)n(CC(=O)c3ccc(-c4ccccc4)cc3)c3ccccc32)cc1. The van der Waals surface area contributed by atoms with E-state index in [1.54, 1.807) is 0 Å². The van der Waals surface area contributed by atoms with Gasteiger partial charge in [-0.25, -0.2) is 0 Å². The number of carbonyl (C=O) groups is 1. The Morgan fingerprint density at radius 3 is 1.84 bits per heavy atom. The number of nitrogens with one attached hydrogen (secondary N) is 1.